The zero-order valence-electron chi connectivity index (χ0n) is 13.6. The van der Waals surface area contributed by atoms with E-state index in [-0.39, 0.29) is 5.97 Å². The predicted octanol–water partition coefficient (Wildman–Crippen LogP) is 4.36. The number of nitrogen functional groups attached to an aromatic ring is 1. The lowest BCUT2D eigenvalue weighted by Crippen LogP contribution is -2.22. The zero-order chi connectivity index (χ0) is 15.8. The lowest BCUT2D eigenvalue weighted by atomic mass is 9.96. The molecule has 1 aromatic carbocycles. The molecule has 1 aliphatic carbocycles. The third kappa shape index (κ3) is 4.93. The summed E-state index contributed by atoms with van der Waals surface area (Å²) in [4.78, 5) is 12.2. The highest BCUT2D eigenvalue weighted by Crippen LogP contribution is 2.25. The molecule has 4 heteroatoms. The fourth-order valence-corrected chi connectivity index (χ4v) is 2.95. The second kappa shape index (κ2) is 8.66. The highest BCUT2D eigenvalue weighted by atomic mass is 16.5. The Bertz CT molecular complexity index is 480. The van der Waals surface area contributed by atoms with E-state index in [1.807, 2.05) is 19.1 Å². The summed E-state index contributed by atoms with van der Waals surface area (Å²) in [5, 5.41) is 3.55. The summed E-state index contributed by atoms with van der Waals surface area (Å²) in [5.74, 6) is -0.289. The molecule has 0 radical (unpaired) electrons. The molecule has 4 nitrogen and oxygen atoms in total. The van der Waals surface area contributed by atoms with Gasteiger partial charge in [-0.2, -0.15) is 0 Å². The monoisotopic (exact) mass is 304 g/mol. The third-order valence-corrected chi connectivity index (χ3v) is 4.17. The molecule has 0 amide bonds. The number of hydrogen-bond donors (Lipinski definition) is 2. The molecular weight excluding hydrogens is 276 g/mol. The topological polar surface area (TPSA) is 64.3 Å². The lowest BCUT2D eigenvalue weighted by Gasteiger charge is -2.23. The molecule has 0 unspecified atom stereocenters. The van der Waals surface area contributed by atoms with Gasteiger partial charge in [0.25, 0.3) is 0 Å². The van der Waals surface area contributed by atoms with Gasteiger partial charge in [0.15, 0.2) is 0 Å². The predicted molar refractivity (Wildman–Crippen MR) is 91.2 cm³/mol. The van der Waals surface area contributed by atoms with Crippen molar-refractivity contribution in [2.45, 2.75) is 64.3 Å². The van der Waals surface area contributed by atoms with E-state index in [1.165, 1.54) is 32.1 Å². The molecule has 1 saturated carbocycles. The summed E-state index contributed by atoms with van der Waals surface area (Å²) in [7, 11) is 0. The molecule has 1 fully saturated rings. The van der Waals surface area contributed by atoms with Crippen molar-refractivity contribution in [1.82, 2.24) is 0 Å². The average molecular weight is 304 g/mol. The van der Waals surface area contributed by atoms with E-state index in [0.29, 0.717) is 23.9 Å². The summed E-state index contributed by atoms with van der Waals surface area (Å²) >= 11 is 0. The Balaban J connectivity index is 2.09. The molecule has 0 aliphatic heterocycles. The number of ether oxygens (including phenoxy) is 1. The number of nitrogens with one attached hydrogen (secondary N) is 1. The fraction of sp³-hybridized carbons (Fsp3) is 0.611. The van der Waals surface area contributed by atoms with E-state index >= 15 is 0 Å². The van der Waals surface area contributed by atoms with Gasteiger partial charge in [-0.1, -0.05) is 39.0 Å². The van der Waals surface area contributed by atoms with Gasteiger partial charge in [0, 0.05) is 17.4 Å². The van der Waals surface area contributed by atoms with Crippen molar-refractivity contribution in [3.63, 3.8) is 0 Å². The van der Waals surface area contributed by atoms with Crippen molar-refractivity contribution < 1.29 is 9.53 Å². The van der Waals surface area contributed by atoms with Gasteiger partial charge in [-0.05, 0) is 37.5 Å². The van der Waals surface area contributed by atoms with Gasteiger partial charge in [-0.25, -0.2) is 4.79 Å². The SMILES string of the molecule is CCCOC(=O)c1cc(N)ccc1NC1CCCCCCC1. The molecule has 122 valence electrons. The van der Waals surface area contributed by atoms with Gasteiger partial charge in [0.1, 0.15) is 0 Å². The first-order valence-electron chi connectivity index (χ1n) is 8.54. The van der Waals surface area contributed by atoms with E-state index < -0.39 is 0 Å². The Kier molecular flexibility index (Phi) is 6.56. The lowest BCUT2D eigenvalue weighted by molar-refractivity contribution is 0.0506. The Labute approximate surface area is 133 Å². The van der Waals surface area contributed by atoms with Crippen LogP contribution in [-0.4, -0.2) is 18.6 Å². The Morgan fingerprint density at radius 3 is 2.59 bits per heavy atom. The Hall–Kier alpha value is -1.71. The summed E-state index contributed by atoms with van der Waals surface area (Å²) in [6, 6.07) is 5.88. The van der Waals surface area contributed by atoms with Crippen LogP contribution in [0.2, 0.25) is 0 Å². The summed E-state index contributed by atoms with van der Waals surface area (Å²) in [6.45, 7) is 2.43. The Morgan fingerprint density at radius 1 is 1.23 bits per heavy atom. The molecule has 1 aromatic rings. The van der Waals surface area contributed by atoms with E-state index in [2.05, 4.69) is 5.32 Å². The number of esters is 1. The molecule has 0 atom stereocenters. The van der Waals surface area contributed by atoms with Crippen LogP contribution in [0.25, 0.3) is 0 Å². The van der Waals surface area contributed by atoms with Crippen LogP contribution in [-0.2, 0) is 4.74 Å². The van der Waals surface area contributed by atoms with Crippen LogP contribution < -0.4 is 11.1 Å². The zero-order valence-corrected chi connectivity index (χ0v) is 13.6. The maximum Gasteiger partial charge on any atom is 0.340 e. The molecular formula is C18H28N2O2. The maximum atomic E-state index is 12.2. The molecule has 3 N–H and O–H groups in total. The first-order valence-corrected chi connectivity index (χ1v) is 8.54. The molecule has 0 spiro atoms. The summed E-state index contributed by atoms with van der Waals surface area (Å²) in [5.41, 5.74) is 7.83. The average Bonchev–Trinajstić information content (AvgIpc) is 2.48. The summed E-state index contributed by atoms with van der Waals surface area (Å²) < 4.78 is 5.27. The first-order chi connectivity index (χ1) is 10.7. The molecule has 0 saturated heterocycles. The van der Waals surface area contributed by atoms with Crippen molar-refractivity contribution in [3.05, 3.63) is 23.8 Å². The third-order valence-electron chi connectivity index (χ3n) is 4.17. The number of anilines is 2. The van der Waals surface area contributed by atoms with Crippen LogP contribution in [0.1, 0.15) is 68.6 Å². The van der Waals surface area contributed by atoms with Crippen LogP contribution in [0.3, 0.4) is 0 Å². The van der Waals surface area contributed by atoms with Gasteiger partial charge < -0.3 is 15.8 Å². The summed E-state index contributed by atoms with van der Waals surface area (Å²) in [6.07, 6.45) is 9.62. The van der Waals surface area contributed by atoms with E-state index in [9.17, 15) is 4.79 Å². The molecule has 0 heterocycles. The minimum absolute atomic E-state index is 0.289. The number of hydrogen-bond acceptors (Lipinski definition) is 4. The van der Waals surface area contributed by atoms with Crippen LogP contribution >= 0.6 is 0 Å². The first kappa shape index (κ1) is 16.7. The quantitative estimate of drug-likeness (QED) is 0.626. The number of carbonyl (C=O) groups excluding carboxylic acids is 1. The van der Waals surface area contributed by atoms with Gasteiger partial charge in [-0.15, -0.1) is 0 Å². The number of rotatable bonds is 5. The van der Waals surface area contributed by atoms with Gasteiger partial charge >= 0.3 is 5.97 Å². The van der Waals surface area contributed by atoms with Crippen LogP contribution in [0.15, 0.2) is 18.2 Å². The second-order valence-corrected chi connectivity index (χ2v) is 6.13. The van der Waals surface area contributed by atoms with Crippen LogP contribution in [0.5, 0.6) is 0 Å². The van der Waals surface area contributed by atoms with E-state index in [0.717, 1.165) is 24.9 Å². The highest BCUT2D eigenvalue weighted by Gasteiger charge is 2.17. The molecule has 1 aliphatic rings. The van der Waals surface area contributed by atoms with Gasteiger partial charge in [0.05, 0.1) is 12.2 Å². The number of carbonyl (C=O) groups is 1. The maximum absolute atomic E-state index is 12.2. The molecule has 0 bridgehead atoms. The van der Waals surface area contributed by atoms with E-state index in [1.54, 1.807) is 6.07 Å². The molecule has 2 rings (SSSR count). The van der Waals surface area contributed by atoms with Crippen LogP contribution in [0.4, 0.5) is 11.4 Å². The van der Waals surface area contributed by atoms with Gasteiger partial charge in [0.2, 0.25) is 0 Å². The Morgan fingerprint density at radius 2 is 1.91 bits per heavy atom. The minimum atomic E-state index is -0.289. The number of nitrogens with two attached hydrogens (primary N) is 1. The normalized spacial score (nSPS) is 16.6. The van der Waals surface area contributed by atoms with Crippen molar-refractivity contribution in [2.75, 3.05) is 17.7 Å². The van der Waals surface area contributed by atoms with Crippen molar-refractivity contribution >= 4 is 17.3 Å². The van der Waals surface area contributed by atoms with Crippen molar-refractivity contribution in [1.29, 1.82) is 0 Å². The minimum Gasteiger partial charge on any atom is -0.462 e. The van der Waals surface area contributed by atoms with Crippen molar-refractivity contribution in [2.24, 2.45) is 0 Å². The molecule has 22 heavy (non-hydrogen) atoms. The van der Waals surface area contributed by atoms with Gasteiger partial charge in [-0.3, -0.25) is 0 Å². The smallest absolute Gasteiger partial charge is 0.340 e. The standard InChI is InChI=1S/C18H28N2O2/c1-2-12-22-18(21)16-13-14(19)10-11-17(16)20-15-8-6-4-3-5-7-9-15/h10-11,13,15,20H,2-9,12,19H2,1H3. The van der Waals surface area contributed by atoms with E-state index in [4.69, 9.17) is 10.5 Å². The molecule has 0 aromatic heterocycles. The van der Waals surface area contributed by atoms with Crippen molar-refractivity contribution in [3.8, 4) is 0 Å². The van der Waals surface area contributed by atoms with Crippen LogP contribution in [0, 0.1) is 0 Å². The largest absolute Gasteiger partial charge is 0.462 e. The fourth-order valence-electron chi connectivity index (χ4n) is 2.95. The second-order valence-electron chi connectivity index (χ2n) is 6.13. The highest BCUT2D eigenvalue weighted by molar-refractivity contribution is 5.96. The number of benzene rings is 1.